The van der Waals surface area contributed by atoms with E-state index in [4.69, 9.17) is 9.73 Å². The molecule has 1 aliphatic heterocycles. The number of morpholine rings is 1. The lowest BCUT2D eigenvalue weighted by Crippen LogP contribution is -2.46. The van der Waals surface area contributed by atoms with Gasteiger partial charge in [-0.15, -0.1) is 11.3 Å². The van der Waals surface area contributed by atoms with Crippen molar-refractivity contribution in [3.63, 3.8) is 0 Å². The summed E-state index contributed by atoms with van der Waals surface area (Å²) < 4.78 is 5.55. The largest absolute Gasteiger partial charge is 0.379 e. The molecule has 26 heavy (non-hydrogen) atoms. The van der Waals surface area contributed by atoms with Crippen LogP contribution >= 0.6 is 11.3 Å². The van der Waals surface area contributed by atoms with Gasteiger partial charge in [-0.3, -0.25) is 9.89 Å². The number of aliphatic imine (C=N–C) groups is 1. The van der Waals surface area contributed by atoms with Gasteiger partial charge >= 0.3 is 0 Å². The maximum Gasteiger partial charge on any atom is 0.191 e. The maximum absolute atomic E-state index is 5.55. The Hall–Kier alpha value is -1.11. The van der Waals surface area contributed by atoms with Crippen LogP contribution in [0.2, 0.25) is 0 Å². The normalized spacial score (nSPS) is 24.3. The van der Waals surface area contributed by atoms with Crippen LogP contribution in [0.3, 0.4) is 0 Å². The highest BCUT2D eigenvalue weighted by Crippen LogP contribution is 2.61. The molecule has 1 unspecified atom stereocenters. The third-order valence-electron chi connectivity index (χ3n) is 6.05. The Morgan fingerprint density at radius 2 is 2.15 bits per heavy atom. The molecule has 5 nitrogen and oxygen atoms in total. The zero-order valence-corrected chi connectivity index (χ0v) is 16.7. The van der Waals surface area contributed by atoms with Crippen LogP contribution in [-0.2, 0) is 4.74 Å². The molecule has 3 aliphatic rings. The third-order valence-corrected chi connectivity index (χ3v) is 7.03. The highest BCUT2D eigenvalue weighted by molar-refractivity contribution is 7.10. The SMILES string of the molecule is CCNC(=NCC1(C2CC2)CC1)NCC(c1cccs1)N1CCOCC1. The summed E-state index contributed by atoms with van der Waals surface area (Å²) in [5.74, 6) is 1.94. The van der Waals surface area contributed by atoms with E-state index in [-0.39, 0.29) is 0 Å². The highest BCUT2D eigenvalue weighted by atomic mass is 32.1. The first-order chi connectivity index (χ1) is 12.8. The Bertz CT molecular complexity index is 589. The zero-order chi connectivity index (χ0) is 17.8. The summed E-state index contributed by atoms with van der Waals surface area (Å²) in [7, 11) is 0. The fourth-order valence-electron chi connectivity index (χ4n) is 4.10. The highest BCUT2D eigenvalue weighted by Gasteiger charge is 2.53. The van der Waals surface area contributed by atoms with Gasteiger partial charge in [-0.1, -0.05) is 6.07 Å². The molecular weight excluding hydrogens is 344 g/mol. The average Bonchev–Trinajstić information content (AvgIpc) is 3.59. The van der Waals surface area contributed by atoms with Gasteiger partial charge in [0.25, 0.3) is 0 Å². The Kier molecular flexibility index (Phi) is 5.81. The predicted molar refractivity (Wildman–Crippen MR) is 108 cm³/mol. The molecule has 0 spiro atoms. The maximum atomic E-state index is 5.55. The van der Waals surface area contributed by atoms with E-state index in [0.717, 1.165) is 57.8 Å². The number of thiophene rings is 1. The fourth-order valence-corrected chi connectivity index (χ4v) is 4.96. The third kappa shape index (κ3) is 4.41. The molecule has 1 saturated heterocycles. The van der Waals surface area contributed by atoms with Crippen molar-refractivity contribution in [3.8, 4) is 0 Å². The van der Waals surface area contributed by atoms with Crippen LogP contribution < -0.4 is 10.6 Å². The molecule has 0 aromatic carbocycles. The van der Waals surface area contributed by atoms with E-state index in [0.29, 0.717) is 11.5 Å². The standard InChI is InChI=1S/C20H32N4OS/c1-2-21-19(23-15-20(7-8-20)16-5-6-16)22-14-17(18-4-3-13-26-18)24-9-11-25-12-10-24/h3-4,13,16-17H,2,5-12,14-15H2,1H3,(H2,21,22,23). The number of rotatable bonds is 8. The van der Waals surface area contributed by atoms with Gasteiger partial charge in [0, 0.05) is 37.6 Å². The van der Waals surface area contributed by atoms with Crippen molar-refractivity contribution < 1.29 is 4.74 Å². The van der Waals surface area contributed by atoms with Gasteiger partial charge in [0.05, 0.1) is 19.3 Å². The molecule has 2 heterocycles. The van der Waals surface area contributed by atoms with E-state index in [9.17, 15) is 0 Å². The fraction of sp³-hybridized carbons (Fsp3) is 0.750. The molecule has 2 N–H and O–H groups in total. The smallest absolute Gasteiger partial charge is 0.191 e. The van der Waals surface area contributed by atoms with Crippen molar-refractivity contribution in [1.82, 2.24) is 15.5 Å². The minimum Gasteiger partial charge on any atom is -0.379 e. The minimum absolute atomic E-state index is 0.390. The molecule has 0 radical (unpaired) electrons. The van der Waals surface area contributed by atoms with Gasteiger partial charge in [0.15, 0.2) is 5.96 Å². The lowest BCUT2D eigenvalue weighted by molar-refractivity contribution is 0.0177. The number of nitrogens with one attached hydrogen (secondary N) is 2. The molecule has 2 saturated carbocycles. The molecule has 2 aliphatic carbocycles. The zero-order valence-electron chi connectivity index (χ0n) is 15.9. The number of nitrogens with zero attached hydrogens (tertiary/aromatic N) is 2. The Labute approximate surface area is 161 Å². The first-order valence-electron chi connectivity index (χ1n) is 10.2. The van der Waals surface area contributed by atoms with Gasteiger partial charge in [0.1, 0.15) is 0 Å². The van der Waals surface area contributed by atoms with Crippen molar-refractivity contribution >= 4 is 17.3 Å². The van der Waals surface area contributed by atoms with E-state index in [1.165, 1.54) is 30.6 Å². The quantitative estimate of drug-likeness (QED) is 0.541. The lowest BCUT2D eigenvalue weighted by Gasteiger charge is -2.34. The summed E-state index contributed by atoms with van der Waals surface area (Å²) in [5, 5.41) is 9.25. The molecule has 144 valence electrons. The minimum atomic E-state index is 0.390. The molecule has 4 rings (SSSR count). The molecule has 1 aromatic rings. The molecular formula is C20H32N4OS. The molecule has 1 atom stereocenters. The van der Waals surface area contributed by atoms with E-state index in [1.54, 1.807) is 0 Å². The van der Waals surface area contributed by atoms with E-state index < -0.39 is 0 Å². The molecule has 3 fully saturated rings. The molecule has 6 heteroatoms. The van der Waals surface area contributed by atoms with Crippen molar-refractivity contribution in [3.05, 3.63) is 22.4 Å². The first kappa shape index (κ1) is 18.3. The lowest BCUT2D eigenvalue weighted by atomic mass is 10.0. The second kappa shape index (κ2) is 8.28. The number of hydrogen-bond donors (Lipinski definition) is 2. The van der Waals surface area contributed by atoms with E-state index in [2.05, 4.69) is 40.0 Å². The average molecular weight is 377 g/mol. The van der Waals surface area contributed by atoms with Gasteiger partial charge in [-0.05, 0) is 55.4 Å². The summed E-state index contributed by atoms with van der Waals surface area (Å²) in [6.45, 7) is 8.61. The number of ether oxygens (including phenoxy) is 1. The van der Waals surface area contributed by atoms with Crippen LogP contribution in [0.4, 0.5) is 0 Å². The summed E-state index contributed by atoms with van der Waals surface area (Å²) in [6, 6.07) is 4.79. The second-order valence-corrected chi connectivity index (χ2v) is 8.87. The van der Waals surface area contributed by atoms with Gasteiger partial charge < -0.3 is 15.4 Å². The molecule has 0 bridgehead atoms. The van der Waals surface area contributed by atoms with Crippen LogP contribution in [0.1, 0.15) is 43.5 Å². The van der Waals surface area contributed by atoms with Crippen LogP contribution in [0.25, 0.3) is 0 Å². The Morgan fingerprint density at radius 1 is 1.35 bits per heavy atom. The van der Waals surface area contributed by atoms with Crippen molar-refractivity contribution in [2.75, 3.05) is 45.9 Å². The van der Waals surface area contributed by atoms with Crippen LogP contribution in [-0.4, -0.2) is 56.8 Å². The van der Waals surface area contributed by atoms with Gasteiger partial charge in [0.2, 0.25) is 0 Å². The summed E-state index contributed by atoms with van der Waals surface area (Å²) in [6.07, 6.45) is 5.62. The monoisotopic (exact) mass is 376 g/mol. The first-order valence-corrected chi connectivity index (χ1v) is 11.1. The Balaban J connectivity index is 1.38. The summed E-state index contributed by atoms with van der Waals surface area (Å²) in [4.78, 5) is 8.93. The van der Waals surface area contributed by atoms with Gasteiger partial charge in [-0.25, -0.2) is 0 Å². The number of guanidine groups is 1. The number of hydrogen-bond acceptors (Lipinski definition) is 4. The molecule has 1 aromatic heterocycles. The topological polar surface area (TPSA) is 48.9 Å². The summed E-state index contributed by atoms with van der Waals surface area (Å²) >= 11 is 1.85. The summed E-state index contributed by atoms with van der Waals surface area (Å²) in [5.41, 5.74) is 0.555. The van der Waals surface area contributed by atoms with Crippen molar-refractivity contribution in [2.24, 2.45) is 16.3 Å². The van der Waals surface area contributed by atoms with Crippen molar-refractivity contribution in [2.45, 2.75) is 38.6 Å². The van der Waals surface area contributed by atoms with E-state index >= 15 is 0 Å². The van der Waals surface area contributed by atoms with Crippen molar-refractivity contribution in [1.29, 1.82) is 0 Å². The van der Waals surface area contributed by atoms with Gasteiger partial charge in [-0.2, -0.15) is 0 Å². The van der Waals surface area contributed by atoms with Crippen LogP contribution in [0, 0.1) is 11.3 Å². The molecule has 0 amide bonds. The Morgan fingerprint density at radius 3 is 2.77 bits per heavy atom. The second-order valence-electron chi connectivity index (χ2n) is 7.89. The van der Waals surface area contributed by atoms with E-state index in [1.807, 2.05) is 11.3 Å². The van der Waals surface area contributed by atoms with Crippen LogP contribution in [0.15, 0.2) is 22.5 Å². The van der Waals surface area contributed by atoms with Crippen LogP contribution in [0.5, 0.6) is 0 Å². The predicted octanol–water partition coefficient (Wildman–Crippen LogP) is 2.87.